The lowest BCUT2D eigenvalue weighted by Gasteiger charge is -2.21. The molecule has 180 valence electrons. The highest BCUT2D eigenvalue weighted by atomic mass is 32.2. The van der Waals surface area contributed by atoms with Crippen molar-refractivity contribution in [2.45, 2.75) is 62.0 Å². The van der Waals surface area contributed by atoms with Crippen LogP contribution in [0.2, 0.25) is 0 Å². The molecule has 0 aliphatic carbocycles. The van der Waals surface area contributed by atoms with E-state index in [0.717, 1.165) is 23.5 Å². The third-order valence-corrected chi connectivity index (χ3v) is 6.27. The molecule has 0 spiro atoms. The third kappa shape index (κ3) is 7.45. The molecule has 34 heavy (non-hydrogen) atoms. The van der Waals surface area contributed by atoms with Crippen molar-refractivity contribution in [1.29, 1.82) is 0 Å². The van der Waals surface area contributed by atoms with Gasteiger partial charge in [-0.25, -0.2) is 4.79 Å². The van der Waals surface area contributed by atoms with E-state index in [-0.39, 0.29) is 6.10 Å². The average Bonchev–Trinajstić information content (AvgIpc) is 2.81. The molecule has 0 aliphatic heterocycles. The normalized spacial score (nSPS) is 12.1. The summed E-state index contributed by atoms with van der Waals surface area (Å²) in [6.07, 6.45) is 1.67. The van der Waals surface area contributed by atoms with Gasteiger partial charge in [-0.2, -0.15) is 0 Å². The Kier molecular flexibility index (Phi) is 8.88. The number of carboxylic acid groups (broad SMARTS) is 1. The Labute approximate surface area is 206 Å². The molecule has 3 rings (SSSR count). The van der Waals surface area contributed by atoms with Crippen LogP contribution in [-0.2, 0) is 11.2 Å². The number of benzene rings is 3. The molecule has 0 bridgehead atoms. The quantitative estimate of drug-likeness (QED) is 0.305. The smallest absolute Gasteiger partial charge is 0.347 e. The number of aryl methyl sites for hydroxylation is 1. The van der Waals surface area contributed by atoms with Crippen LogP contribution < -0.4 is 14.2 Å². The maximum Gasteiger partial charge on any atom is 0.347 e. The summed E-state index contributed by atoms with van der Waals surface area (Å²) in [6, 6.07) is 23.6. The second-order valence-corrected chi connectivity index (χ2v) is 9.62. The molecule has 3 aromatic carbocycles. The molecular formula is C28H32O5S. The summed E-state index contributed by atoms with van der Waals surface area (Å²) in [5.74, 6) is 1.04. The van der Waals surface area contributed by atoms with E-state index in [1.165, 1.54) is 24.3 Å². The van der Waals surface area contributed by atoms with Crippen molar-refractivity contribution < 1.29 is 24.1 Å². The summed E-state index contributed by atoms with van der Waals surface area (Å²) < 4.78 is 17.6. The summed E-state index contributed by atoms with van der Waals surface area (Å²) in [5.41, 5.74) is -0.0109. The first-order valence-corrected chi connectivity index (χ1v) is 12.3. The van der Waals surface area contributed by atoms with Gasteiger partial charge in [-0.1, -0.05) is 43.0 Å². The maximum atomic E-state index is 11.2. The second kappa shape index (κ2) is 11.8. The third-order valence-electron chi connectivity index (χ3n) is 5.22. The number of rotatable bonds is 12. The van der Waals surface area contributed by atoms with Crippen molar-refractivity contribution in [2.24, 2.45) is 0 Å². The van der Waals surface area contributed by atoms with Gasteiger partial charge >= 0.3 is 5.97 Å². The van der Waals surface area contributed by atoms with Gasteiger partial charge in [-0.15, -0.1) is 0 Å². The highest BCUT2D eigenvalue weighted by molar-refractivity contribution is 7.99. The van der Waals surface area contributed by atoms with Crippen molar-refractivity contribution >= 4 is 17.7 Å². The van der Waals surface area contributed by atoms with Crippen molar-refractivity contribution in [1.82, 2.24) is 0 Å². The Morgan fingerprint density at radius 3 is 2.32 bits per heavy atom. The van der Waals surface area contributed by atoms with Gasteiger partial charge in [0.15, 0.2) is 5.60 Å². The highest BCUT2D eigenvalue weighted by Crippen LogP contribution is 2.36. The van der Waals surface area contributed by atoms with Gasteiger partial charge in [0, 0.05) is 11.3 Å². The van der Waals surface area contributed by atoms with Crippen LogP contribution in [0.3, 0.4) is 0 Å². The molecule has 6 heteroatoms. The number of carboxylic acids is 1. The van der Waals surface area contributed by atoms with Crippen molar-refractivity contribution in [2.75, 3.05) is 6.61 Å². The molecule has 0 saturated heterocycles. The Morgan fingerprint density at radius 2 is 1.68 bits per heavy atom. The number of carbonyl (C=O) groups is 1. The molecule has 1 N–H and O–H groups in total. The van der Waals surface area contributed by atoms with E-state index in [9.17, 15) is 9.90 Å². The maximum absolute atomic E-state index is 11.2. The number of aliphatic carboxylic acids is 1. The lowest BCUT2D eigenvalue weighted by Crippen LogP contribution is -2.37. The molecule has 0 heterocycles. The van der Waals surface area contributed by atoms with Crippen LogP contribution in [0.15, 0.2) is 82.6 Å². The molecule has 3 aromatic rings. The van der Waals surface area contributed by atoms with Gasteiger partial charge in [0.1, 0.15) is 17.2 Å². The van der Waals surface area contributed by atoms with E-state index in [0.29, 0.717) is 18.1 Å². The number of hydrogen-bond donors (Lipinski definition) is 1. The van der Waals surface area contributed by atoms with E-state index < -0.39 is 11.6 Å². The highest BCUT2D eigenvalue weighted by Gasteiger charge is 2.29. The zero-order valence-electron chi connectivity index (χ0n) is 20.1. The van der Waals surface area contributed by atoms with E-state index in [4.69, 9.17) is 14.2 Å². The van der Waals surface area contributed by atoms with Crippen LogP contribution in [0.1, 0.15) is 39.7 Å². The molecule has 0 aliphatic rings. The molecular weight excluding hydrogens is 448 g/mol. The zero-order chi connectivity index (χ0) is 24.6. The minimum Gasteiger partial charge on any atom is -0.493 e. The first-order valence-electron chi connectivity index (χ1n) is 11.4. The lowest BCUT2D eigenvalue weighted by atomic mass is 10.1. The fourth-order valence-corrected chi connectivity index (χ4v) is 4.10. The summed E-state index contributed by atoms with van der Waals surface area (Å²) in [7, 11) is 0. The molecule has 0 amide bonds. The predicted octanol–water partition coefficient (Wildman–Crippen LogP) is 6.88. The monoisotopic (exact) mass is 480 g/mol. The molecule has 0 unspecified atom stereocenters. The van der Waals surface area contributed by atoms with Crippen LogP contribution in [0.5, 0.6) is 17.2 Å². The first kappa shape index (κ1) is 25.5. The van der Waals surface area contributed by atoms with E-state index >= 15 is 0 Å². The molecule has 0 fully saturated rings. The molecule has 5 nitrogen and oxygen atoms in total. The Balaban J connectivity index is 1.54. The van der Waals surface area contributed by atoms with Crippen LogP contribution in [0.4, 0.5) is 0 Å². The van der Waals surface area contributed by atoms with Crippen LogP contribution in [0.25, 0.3) is 0 Å². The molecule has 0 aromatic heterocycles. The van der Waals surface area contributed by atoms with Crippen molar-refractivity contribution in [3.05, 3.63) is 78.4 Å². The summed E-state index contributed by atoms with van der Waals surface area (Å²) in [5, 5.41) is 9.19. The SMILES string of the molecule is CCc1ccc(O[C@H](C)CCOc2ccc(OC(C)(C)C(=O)O)cc2)c(Sc2ccccc2)c1. The van der Waals surface area contributed by atoms with Crippen molar-refractivity contribution in [3.63, 3.8) is 0 Å². The van der Waals surface area contributed by atoms with Crippen LogP contribution in [-0.4, -0.2) is 29.4 Å². The number of hydrogen-bond acceptors (Lipinski definition) is 5. The van der Waals surface area contributed by atoms with Gasteiger partial charge in [0.2, 0.25) is 0 Å². The largest absolute Gasteiger partial charge is 0.493 e. The van der Waals surface area contributed by atoms with Crippen molar-refractivity contribution in [3.8, 4) is 17.2 Å². The standard InChI is InChI=1S/C28H32O5S/c1-5-21-11-16-25(26(19-21)34-24-9-7-6-8-10-24)32-20(2)17-18-31-22-12-14-23(15-13-22)33-28(3,4)27(29)30/h6-16,19-20H,5,17-18H2,1-4H3,(H,29,30)/t20-/m1/s1. The molecule has 1 atom stereocenters. The Bertz CT molecular complexity index is 1060. The van der Waals surface area contributed by atoms with Gasteiger partial charge < -0.3 is 19.3 Å². The van der Waals surface area contributed by atoms with E-state index in [1.54, 1.807) is 36.0 Å². The lowest BCUT2D eigenvalue weighted by molar-refractivity contribution is -0.152. The first-order chi connectivity index (χ1) is 16.3. The fraction of sp³-hybridized carbons (Fsp3) is 0.321. The average molecular weight is 481 g/mol. The predicted molar refractivity (Wildman–Crippen MR) is 135 cm³/mol. The Morgan fingerprint density at radius 1 is 1.00 bits per heavy atom. The Hall–Kier alpha value is -3.12. The van der Waals surface area contributed by atoms with Gasteiger partial charge in [-0.3, -0.25) is 0 Å². The minimum atomic E-state index is -1.29. The minimum absolute atomic E-state index is 0.0263. The fourth-order valence-electron chi connectivity index (χ4n) is 3.13. The van der Waals surface area contributed by atoms with Gasteiger partial charge in [0.25, 0.3) is 0 Å². The zero-order valence-corrected chi connectivity index (χ0v) is 20.9. The molecule has 0 saturated carbocycles. The van der Waals surface area contributed by atoms with Crippen LogP contribution >= 0.6 is 11.8 Å². The molecule has 0 radical (unpaired) electrons. The summed E-state index contributed by atoms with van der Waals surface area (Å²) in [6.45, 7) is 7.72. The summed E-state index contributed by atoms with van der Waals surface area (Å²) in [4.78, 5) is 13.5. The topological polar surface area (TPSA) is 65.0 Å². The van der Waals surface area contributed by atoms with E-state index in [2.05, 4.69) is 37.3 Å². The van der Waals surface area contributed by atoms with Crippen LogP contribution in [0, 0.1) is 0 Å². The summed E-state index contributed by atoms with van der Waals surface area (Å²) >= 11 is 1.71. The van der Waals surface area contributed by atoms with Gasteiger partial charge in [0.05, 0.1) is 17.6 Å². The van der Waals surface area contributed by atoms with Gasteiger partial charge in [-0.05, 0) is 81.3 Å². The number of ether oxygens (including phenoxy) is 3. The second-order valence-electron chi connectivity index (χ2n) is 8.50. The van der Waals surface area contributed by atoms with E-state index in [1.807, 2.05) is 25.1 Å².